The van der Waals surface area contributed by atoms with Gasteiger partial charge in [-0.2, -0.15) is 9.57 Å². The van der Waals surface area contributed by atoms with E-state index >= 15 is 0 Å². The lowest BCUT2D eigenvalue weighted by atomic mass is 10.2. The molecule has 0 atom stereocenters. The molecule has 0 saturated carbocycles. The Bertz CT molecular complexity index is 921. The third-order valence-electron chi connectivity index (χ3n) is 3.66. The van der Waals surface area contributed by atoms with Gasteiger partial charge in [0, 0.05) is 30.2 Å². The smallest absolute Gasteiger partial charge is 0.225 e. The Morgan fingerprint density at radius 1 is 1.19 bits per heavy atom. The van der Waals surface area contributed by atoms with Gasteiger partial charge in [0.05, 0.1) is 17.9 Å². The average molecular weight is 392 g/mol. The average Bonchev–Trinajstić information content (AvgIpc) is 2.59. The number of sulfonamides is 1. The molecule has 26 heavy (non-hydrogen) atoms. The van der Waals surface area contributed by atoms with Crippen molar-refractivity contribution in [2.75, 3.05) is 18.1 Å². The first kappa shape index (κ1) is 19.9. The number of benzene rings is 2. The summed E-state index contributed by atoms with van der Waals surface area (Å²) in [7, 11) is -3.50. The fourth-order valence-corrected chi connectivity index (χ4v) is 3.25. The van der Waals surface area contributed by atoms with Crippen molar-refractivity contribution in [2.24, 2.45) is 0 Å². The maximum absolute atomic E-state index is 12.1. The molecule has 0 aliphatic carbocycles. The van der Waals surface area contributed by atoms with Gasteiger partial charge in [0.15, 0.2) is 0 Å². The first-order chi connectivity index (χ1) is 12.3. The van der Waals surface area contributed by atoms with Crippen molar-refractivity contribution < 1.29 is 13.2 Å². The van der Waals surface area contributed by atoms with E-state index in [0.717, 1.165) is 6.26 Å². The van der Waals surface area contributed by atoms with Crippen LogP contribution in [-0.2, 0) is 21.4 Å². The van der Waals surface area contributed by atoms with E-state index in [1.165, 1.54) is 4.31 Å². The highest BCUT2D eigenvalue weighted by Crippen LogP contribution is 2.18. The van der Waals surface area contributed by atoms with Crippen LogP contribution < -0.4 is 5.32 Å². The predicted octanol–water partition coefficient (Wildman–Crippen LogP) is 3.00. The van der Waals surface area contributed by atoms with Gasteiger partial charge in [-0.05, 0) is 35.9 Å². The highest BCUT2D eigenvalue weighted by atomic mass is 35.5. The van der Waals surface area contributed by atoms with Crippen LogP contribution in [0.2, 0.25) is 5.02 Å². The van der Waals surface area contributed by atoms with E-state index in [2.05, 4.69) is 5.32 Å². The van der Waals surface area contributed by atoms with Crippen molar-refractivity contribution in [1.82, 2.24) is 4.31 Å². The molecule has 136 valence electrons. The molecule has 8 heteroatoms. The van der Waals surface area contributed by atoms with Gasteiger partial charge in [0.2, 0.25) is 15.9 Å². The Morgan fingerprint density at radius 2 is 1.85 bits per heavy atom. The molecule has 0 aliphatic heterocycles. The van der Waals surface area contributed by atoms with Crippen molar-refractivity contribution in [3.63, 3.8) is 0 Å². The summed E-state index contributed by atoms with van der Waals surface area (Å²) in [5, 5.41) is 11.9. The van der Waals surface area contributed by atoms with Gasteiger partial charge in [0.25, 0.3) is 0 Å². The molecule has 0 bridgehead atoms. The monoisotopic (exact) mass is 391 g/mol. The zero-order valence-corrected chi connectivity index (χ0v) is 15.7. The van der Waals surface area contributed by atoms with Gasteiger partial charge in [0.1, 0.15) is 0 Å². The number of carbonyl (C=O) groups excluding carboxylic acids is 1. The van der Waals surface area contributed by atoms with E-state index in [4.69, 9.17) is 16.9 Å². The second-order valence-electron chi connectivity index (χ2n) is 5.68. The fraction of sp³-hybridized carbons (Fsp3) is 0.222. The van der Waals surface area contributed by atoms with Crippen molar-refractivity contribution in [3.05, 3.63) is 64.7 Å². The summed E-state index contributed by atoms with van der Waals surface area (Å²) in [5.74, 6) is -0.317. The minimum Gasteiger partial charge on any atom is -0.326 e. The summed E-state index contributed by atoms with van der Waals surface area (Å²) in [5.41, 5.74) is 1.71. The van der Waals surface area contributed by atoms with Crippen molar-refractivity contribution in [3.8, 4) is 6.07 Å². The second kappa shape index (κ2) is 8.81. The Morgan fingerprint density at radius 3 is 2.42 bits per heavy atom. The number of carbonyl (C=O) groups is 1. The molecular weight excluding hydrogens is 374 g/mol. The molecule has 0 saturated heterocycles. The SMILES string of the molecule is CS(=O)(=O)N(CCC(=O)Nc1ccc(C#N)cc1)Cc1ccccc1Cl. The van der Waals surface area contributed by atoms with Crippen molar-refractivity contribution >= 4 is 33.2 Å². The highest BCUT2D eigenvalue weighted by Gasteiger charge is 2.19. The van der Waals surface area contributed by atoms with Crippen LogP contribution in [0.3, 0.4) is 0 Å². The second-order valence-corrected chi connectivity index (χ2v) is 8.06. The van der Waals surface area contributed by atoms with Crippen LogP contribution >= 0.6 is 11.6 Å². The third kappa shape index (κ3) is 5.85. The lowest BCUT2D eigenvalue weighted by Crippen LogP contribution is -2.32. The van der Waals surface area contributed by atoms with Gasteiger partial charge in [-0.15, -0.1) is 0 Å². The molecule has 1 N–H and O–H groups in total. The quantitative estimate of drug-likeness (QED) is 0.785. The van der Waals surface area contributed by atoms with E-state index < -0.39 is 10.0 Å². The maximum Gasteiger partial charge on any atom is 0.225 e. The molecule has 0 radical (unpaired) electrons. The number of halogens is 1. The Kier molecular flexibility index (Phi) is 6.75. The van der Waals surface area contributed by atoms with Crippen LogP contribution in [0.1, 0.15) is 17.5 Å². The standard InChI is InChI=1S/C18H18ClN3O3S/c1-26(24,25)22(13-15-4-2-3-5-17(15)19)11-10-18(23)21-16-8-6-14(12-20)7-9-16/h2-9H,10-11,13H2,1H3,(H,21,23). The molecule has 6 nitrogen and oxygen atoms in total. The molecule has 0 unspecified atom stereocenters. The summed E-state index contributed by atoms with van der Waals surface area (Å²) in [4.78, 5) is 12.1. The summed E-state index contributed by atoms with van der Waals surface area (Å²) in [6.45, 7) is 0.134. The van der Waals surface area contributed by atoms with Crippen LogP contribution in [0.25, 0.3) is 0 Å². The Hall–Kier alpha value is -2.40. The largest absolute Gasteiger partial charge is 0.326 e. The zero-order chi connectivity index (χ0) is 19.2. The Labute approximate surface area is 158 Å². The number of nitrogens with zero attached hydrogens (tertiary/aromatic N) is 2. The van der Waals surface area contributed by atoms with Crippen molar-refractivity contribution in [2.45, 2.75) is 13.0 Å². The molecule has 0 aliphatic rings. The molecular formula is C18H18ClN3O3S. The first-order valence-corrected chi connectivity index (χ1v) is 10.0. The molecule has 2 aromatic rings. The summed E-state index contributed by atoms with van der Waals surface area (Å²) >= 11 is 6.09. The van der Waals surface area contributed by atoms with E-state index in [9.17, 15) is 13.2 Å². The minimum absolute atomic E-state index is 0.00246. The van der Waals surface area contributed by atoms with Gasteiger partial charge in [-0.1, -0.05) is 29.8 Å². The van der Waals surface area contributed by atoms with Gasteiger partial charge in [-0.3, -0.25) is 4.79 Å². The van der Waals surface area contributed by atoms with Gasteiger partial charge < -0.3 is 5.32 Å². The van der Waals surface area contributed by atoms with E-state index in [-0.39, 0.29) is 25.4 Å². The minimum atomic E-state index is -3.50. The van der Waals surface area contributed by atoms with E-state index in [0.29, 0.717) is 21.8 Å². The summed E-state index contributed by atoms with van der Waals surface area (Å²) in [6, 6.07) is 15.4. The van der Waals surface area contributed by atoms with Gasteiger partial charge in [-0.25, -0.2) is 8.42 Å². The van der Waals surface area contributed by atoms with Crippen LogP contribution in [0.5, 0.6) is 0 Å². The topological polar surface area (TPSA) is 90.3 Å². The van der Waals surface area contributed by atoms with Crippen LogP contribution in [0.4, 0.5) is 5.69 Å². The molecule has 2 aromatic carbocycles. The maximum atomic E-state index is 12.1. The zero-order valence-electron chi connectivity index (χ0n) is 14.1. The molecule has 0 heterocycles. The number of hydrogen-bond acceptors (Lipinski definition) is 4. The lowest BCUT2D eigenvalue weighted by Gasteiger charge is -2.20. The Balaban J connectivity index is 1.99. The molecule has 0 fully saturated rings. The highest BCUT2D eigenvalue weighted by molar-refractivity contribution is 7.88. The van der Waals surface area contributed by atoms with Crippen LogP contribution in [0.15, 0.2) is 48.5 Å². The summed E-state index contributed by atoms with van der Waals surface area (Å²) < 4.78 is 25.2. The molecule has 0 aromatic heterocycles. The predicted molar refractivity (Wildman–Crippen MR) is 101 cm³/mol. The number of nitriles is 1. The third-order valence-corrected chi connectivity index (χ3v) is 5.28. The first-order valence-electron chi connectivity index (χ1n) is 7.78. The van der Waals surface area contributed by atoms with Crippen molar-refractivity contribution in [1.29, 1.82) is 5.26 Å². The van der Waals surface area contributed by atoms with Gasteiger partial charge >= 0.3 is 0 Å². The van der Waals surface area contributed by atoms with E-state index in [1.54, 1.807) is 48.5 Å². The van der Waals surface area contributed by atoms with E-state index in [1.807, 2.05) is 6.07 Å². The number of anilines is 1. The normalized spacial score (nSPS) is 11.2. The number of amides is 1. The fourth-order valence-electron chi connectivity index (χ4n) is 2.26. The van der Waals surface area contributed by atoms with Crippen LogP contribution in [-0.4, -0.2) is 31.4 Å². The molecule has 0 spiro atoms. The number of rotatable bonds is 7. The molecule has 2 rings (SSSR count). The summed E-state index contributed by atoms with van der Waals surface area (Å²) in [6.07, 6.45) is 1.10. The lowest BCUT2D eigenvalue weighted by molar-refractivity contribution is -0.116. The van der Waals surface area contributed by atoms with Crippen LogP contribution in [0, 0.1) is 11.3 Å². The number of hydrogen-bond donors (Lipinski definition) is 1. The molecule has 1 amide bonds. The number of nitrogens with one attached hydrogen (secondary N) is 1.